The molecule has 1 fully saturated rings. The van der Waals surface area contributed by atoms with Crippen molar-refractivity contribution in [1.82, 2.24) is 9.97 Å². The Hall–Kier alpha value is -1.97. The van der Waals surface area contributed by atoms with Crippen molar-refractivity contribution in [2.45, 2.75) is 17.5 Å². The summed E-state index contributed by atoms with van der Waals surface area (Å²) in [5.74, 6) is 0.215. The number of nitrogens with zero attached hydrogens (tertiary/aromatic N) is 3. The molecule has 1 aliphatic heterocycles. The summed E-state index contributed by atoms with van der Waals surface area (Å²) < 4.78 is 23.9. The van der Waals surface area contributed by atoms with Gasteiger partial charge in [0.15, 0.2) is 9.84 Å². The summed E-state index contributed by atoms with van der Waals surface area (Å²) in [6, 6.07) is 10.9. The van der Waals surface area contributed by atoms with Gasteiger partial charge in [0.05, 0.1) is 23.3 Å². The number of anilines is 1. The maximum absolute atomic E-state index is 13.1. The molecule has 0 saturated carbocycles. The van der Waals surface area contributed by atoms with E-state index in [0.717, 1.165) is 20.9 Å². The molecule has 1 aromatic carbocycles. The molecule has 0 bridgehead atoms. The highest BCUT2D eigenvalue weighted by molar-refractivity contribution is 8.00. The summed E-state index contributed by atoms with van der Waals surface area (Å²) in [6.45, 7) is 0. The minimum absolute atomic E-state index is 0.0145. The van der Waals surface area contributed by atoms with Gasteiger partial charge in [-0.3, -0.25) is 4.79 Å². The molecule has 3 aromatic rings. The van der Waals surface area contributed by atoms with E-state index in [4.69, 9.17) is 0 Å². The average Bonchev–Trinajstić information content (AvgIpc) is 3.27. The largest absolute Gasteiger partial charge is 0.308 e. The van der Waals surface area contributed by atoms with Gasteiger partial charge in [-0.25, -0.2) is 18.4 Å². The predicted molar refractivity (Wildman–Crippen MR) is 109 cm³/mol. The molecule has 0 N–H and O–H groups in total. The molecule has 6 nitrogen and oxygen atoms in total. The lowest BCUT2D eigenvalue weighted by atomic mass is 10.2. The third kappa shape index (κ3) is 3.99. The second-order valence-corrected chi connectivity index (χ2v) is 10.4. The highest BCUT2D eigenvalue weighted by Gasteiger charge is 2.35. The fourth-order valence-electron chi connectivity index (χ4n) is 3.21. The number of amides is 1. The number of hydrogen-bond acceptors (Lipinski definition) is 7. The lowest BCUT2D eigenvalue weighted by Crippen LogP contribution is -2.42. The molecular weight excluding hydrogens is 402 g/mol. The Balaban J connectivity index is 1.56. The molecule has 4 rings (SSSR count). The fourth-order valence-corrected chi connectivity index (χ4v) is 6.55. The number of sulfone groups is 1. The van der Waals surface area contributed by atoms with Crippen LogP contribution in [0.4, 0.5) is 5.69 Å². The van der Waals surface area contributed by atoms with E-state index in [1.807, 2.05) is 41.8 Å². The molecule has 0 unspecified atom stereocenters. The van der Waals surface area contributed by atoms with Crippen molar-refractivity contribution >= 4 is 54.7 Å². The molecular formula is C18H17N3O3S3. The Morgan fingerprint density at radius 3 is 2.78 bits per heavy atom. The van der Waals surface area contributed by atoms with Crippen LogP contribution in [-0.4, -0.2) is 47.6 Å². The van der Waals surface area contributed by atoms with E-state index in [2.05, 4.69) is 9.97 Å². The normalized spacial score (nSPS) is 18.6. The van der Waals surface area contributed by atoms with E-state index >= 15 is 0 Å². The molecule has 1 amide bonds. The van der Waals surface area contributed by atoms with E-state index in [1.54, 1.807) is 4.90 Å². The maximum atomic E-state index is 13.1. The van der Waals surface area contributed by atoms with E-state index in [0.29, 0.717) is 6.42 Å². The highest BCUT2D eigenvalue weighted by atomic mass is 32.2. The zero-order valence-corrected chi connectivity index (χ0v) is 16.8. The van der Waals surface area contributed by atoms with Gasteiger partial charge in [0.1, 0.15) is 16.2 Å². The molecule has 1 aliphatic rings. The van der Waals surface area contributed by atoms with Crippen molar-refractivity contribution in [2.75, 3.05) is 22.2 Å². The number of rotatable bonds is 5. The van der Waals surface area contributed by atoms with Gasteiger partial charge in [0.2, 0.25) is 5.91 Å². The number of thiophene rings is 1. The van der Waals surface area contributed by atoms with Crippen LogP contribution in [0.25, 0.3) is 10.2 Å². The zero-order chi connectivity index (χ0) is 18.9. The first kappa shape index (κ1) is 18.4. The van der Waals surface area contributed by atoms with Gasteiger partial charge in [-0.05, 0) is 30.0 Å². The standard InChI is InChI=1S/C18H17N3O3S3/c22-16(10-26-18-15-6-8-25-17(15)19-12-20-18)21(13-4-2-1-3-5-13)14-7-9-27(23,24)11-14/h1-6,8,12,14H,7,9-11H2/t14-/m1/s1. The van der Waals surface area contributed by atoms with Crippen LogP contribution in [0.2, 0.25) is 0 Å². The Kier molecular flexibility index (Phi) is 5.16. The lowest BCUT2D eigenvalue weighted by molar-refractivity contribution is -0.116. The van der Waals surface area contributed by atoms with Crippen molar-refractivity contribution in [3.8, 4) is 0 Å². The maximum Gasteiger partial charge on any atom is 0.237 e. The summed E-state index contributed by atoms with van der Waals surface area (Å²) >= 11 is 2.89. The third-order valence-corrected chi connectivity index (χ3v) is 8.00. The summed E-state index contributed by atoms with van der Waals surface area (Å²) in [6.07, 6.45) is 1.97. The Morgan fingerprint density at radius 2 is 2.04 bits per heavy atom. The van der Waals surface area contributed by atoms with Crippen molar-refractivity contribution in [3.05, 3.63) is 48.1 Å². The van der Waals surface area contributed by atoms with Crippen molar-refractivity contribution in [3.63, 3.8) is 0 Å². The first-order valence-electron chi connectivity index (χ1n) is 8.42. The number of aromatic nitrogens is 2. The summed E-state index contributed by atoms with van der Waals surface area (Å²) in [5, 5.41) is 3.65. The van der Waals surface area contributed by atoms with Gasteiger partial charge in [-0.15, -0.1) is 11.3 Å². The summed E-state index contributed by atoms with van der Waals surface area (Å²) in [4.78, 5) is 24.1. The molecule has 3 heterocycles. The number of fused-ring (bicyclic) bond motifs is 1. The van der Waals surface area contributed by atoms with Gasteiger partial charge in [0, 0.05) is 11.1 Å². The molecule has 0 spiro atoms. The molecule has 140 valence electrons. The highest BCUT2D eigenvalue weighted by Crippen LogP contribution is 2.30. The predicted octanol–water partition coefficient (Wildman–Crippen LogP) is 3.00. The topological polar surface area (TPSA) is 80.2 Å². The Bertz CT molecular complexity index is 1070. The number of benzene rings is 1. The first-order chi connectivity index (χ1) is 13.0. The van der Waals surface area contributed by atoms with Gasteiger partial charge in [-0.2, -0.15) is 0 Å². The van der Waals surface area contributed by atoms with Gasteiger partial charge in [0.25, 0.3) is 0 Å². The van der Waals surface area contributed by atoms with Crippen LogP contribution in [0.3, 0.4) is 0 Å². The quantitative estimate of drug-likeness (QED) is 0.467. The van der Waals surface area contributed by atoms with Crippen LogP contribution >= 0.6 is 23.1 Å². The summed E-state index contributed by atoms with van der Waals surface area (Å²) in [7, 11) is -3.09. The minimum atomic E-state index is -3.09. The van der Waals surface area contributed by atoms with Gasteiger partial charge >= 0.3 is 0 Å². The first-order valence-corrected chi connectivity index (χ1v) is 12.1. The van der Waals surface area contributed by atoms with Crippen molar-refractivity contribution in [2.24, 2.45) is 0 Å². The van der Waals surface area contributed by atoms with Crippen molar-refractivity contribution in [1.29, 1.82) is 0 Å². The number of para-hydroxylation sites is 1. The molecule has 9 heteroatoms. The van der Waals surface area contributed by atoms with Crippen LogP contribution in [0.15, 0.2) is 53.1 Å². The second kappa shape index (κ2) is 7.57. The summed E-state index contributed by atoms with van der Waals surface area (Å²) in [5.41, 5.74) is 0.730. The zero-order valence-electron chi connectivity index (χ0n) is 14.3. The average molecular weight is 420 g/mol. The van der Waals surface area contributed by atoms with E-state index < -0.39 is 9.84 Å². The van der Waals surface area contributed by atoms with E-state index in [1.165, 1.54) is 29.4 Å². The van der Waals surface area contributed by atoms with E-state index in [-0.39, 0.29) is 29.2 Å². The Labute approximate surface area is 165 Å². The Morgan fingerprint density at radius 1 is 1.22 bits per heavy atom. The van der Waals surface area contributed by atoms with Crippen LogP contribution in [-0.2, 0) is 14.6 Å². The molecule has 0 aliphatic carbocycles. The molecule has 1 saturated heterocycles. The van der Waals surface area contributed by atoms with Crippen LogP contribution in [0, 0.1) is 0 Å². The number of thioether (sulfide) groups is 1. The van der Waals surface area contributed by atoms with Crippen LogP contribution in [0.5, 0.6) is 0 Å². The second-order valence-electron chi connectivity index (χ2n) is 6.26. The van der Waals surface area contributed by atoms with Crippen LogP contribution in [0.1, 0.15) is 6.42 Å². The molecule has 2 aromatic heterocycles. The van der Waals surface area contributed by atoms with Gasteiger partial charge < -0.3 is 4.90 Å². The molecule has 1 atom stereocenters. The van der Waals surface area contributed by atoms with Crippen LogP contribution < -0.4 is 4.90 Å². The minimum Gasteiger partial charge on any atom is -0.308 e. The smallest absolute Gasteiger partial charge is 0.237 e. The number of hydrogen-bond donors (Lipinski definition) is 0. The van der Waals surface area contributed by atoms with E-state index in [9.17, 15) is 13.2 Å². The SMILES string of the molecule is O=C(CSc1ncnc2sccc12)N(c1ccccc1)[C@@H]1CCS(=O)(=O)C1. The molecule has 0 radical (unpaired) electrons. The molecule has 27 heavy (non-hydrogen) atoms. The lowest BCUT2D eigenvalue weighted by Gasteiger charge is -2.28. The van der Waals surface area contributed by atoms with Crippen molar-refractivity contribution < 1.29 is 13.2 Å². The third-order valence-electron chi connectivity index (χ3n) is 4.43. The van der Waals surface area contributed by atoms with Gasteiger partial charge in [-0.1, -0.05) is 30.0 Å². The number of carbonyl (C=O) groups excluding carboxylic acids is 1. The number of carbonyl (C=O) groups is 1. The monoisotopic (exact) mass is 419 g/mol. The fraction of sp³-hybridized carbons (Fsp3) is 0.278.